The Kier molecular flexibility index (Phi) is 34.2. The summed E-state index contributed by atoms with van der Waals surface area (Å²) >= 11 is 0. The fourth-order valence-electron chi connectivity index (χ4n) is 16.9. The summed E-state index contributed by atoms with van der Waals surface area (Å²) in [6, 6.07) is 37.5. The number of aromatic nitrogens is 4. The standard InChI is InChI=1S/C26H29FN3O5P.C25H27FN3O6P.C21H17FN2O3.C20H15FN2O3.C6H16NO3P/c1-4-34-36(33,35-5-2)14-13-29-25(31)23-20-7-6-12-28-24(20)17(3)22-21(23)16-30(26(22)32)15-18-8-10-19(27)11-9-18;1-3-34-36(33,35-4-2)13-12-28-24(31)20-18-6-5-11-27-22(18)23(30)21-19(20)15-29(25(21)32)14-16-7-9-17(26)10-8-16;1-12-17-16(18(21(26)27-2)15-4-3-9-23-19(12)15)11-24(20(17)25)10-13-5-7-14(22)8-6-13;1-11-16-15(17(20(25)26)14-3-2-8-22-18(11)14)10-23(19(16)24)9-12-4-6-13(21)7-5-12;1-3-9-11(8,6-5-7)10-4-2/h6-12H,4-5,13-16H2,1-3H3,(H,29,31);5-11,30H,3-4,12-15H2,1-2H3,(H,28,31);3-9H,10-11H2,1-2H3;2-8H,9-10H2,1H3,(H,25,26);3-7H2,1-2H3. The number of nitrogens with two attached hydrogens (primary N) is 1. The van der Waals surface area contributed by atoms with Gasteiger partial charge in [-0.3, -0.25) is 62.4 Å². The zero-order valence-electron chi connectivity index (χ0n) is 76.6. The van der Waals surface area contributed by atoms with Gasteiger partial charge in [-0.05, 0) is 191 Å². The molecule has 0 saturated heterocycles. The molecule has 0 aliphatic carbocycles. The number of hydrogen-bond acceptors (Lipinski definition) is 24. The molecule has 16 rings (SSSR count). The molecule has 0 bridgehead atoms. The first-order chi connectivity index (χ1) is 65.2. The van der Waals surface area contributed by atoms with Crippen molar-refractivity contribution in [2.24, 2.45) is 5.73 Å². The van der Waals surface area contributed by atoms with Gasteiger partial charge in [0.1, 0.15) is 28.8 Å². The Hall–Kier alpha value is -12.9. The number of carbonyl (C=O) groups is 8. The van der Waals surface area contributed by atoms with Gasteiger partial charge in [-0.15, -0.1) is 0 Å². The van der Waals surface area contributed by atoms with Gasteiger partial charge in [-0.1, -0.05) is 72.8 Å². The second-order valence-corrected chi connectivity index (χ2v) is 38.1. The molecule has 31 nitrogen and oxygen atoms in total. The van der Waals surface area contributed by atoms with Crippen molar-refractivity contribution >= 4 is 114 Å². The highest BCUT2D eigenvalue weighted by Crippen LogP contribution is 2.50. The minimum Gasteiger partial charge on any atom is -0.505 e. The van der Waals surface area contributed by atoms with Crippen LogP contribution in [0.5, 0.6) is 5.75 Å². The van der Waals surface area contributed by atoms with E-state index >= 15 is 0 Å². The maximum atomic E-state index is 13.5. The van der Waals surface area contributed by atoms with Crippen molar-refractivity contribution < 1.29 is 112 Å². The Labute approximate surface area is 782 Å². The first-order valence-corrected chi connectivity index (χ1v) is 49.1. The fraction of sp³-hybridized carbons (Fsp3) is 0.306. The van der Waals surface area contributed by atoms with Gasteiger partial charge in [0.15, 0.2) is 5.75 Å². The number of pyridine rings is 4. The molecular weight excluding hydrogens is 1820 g/mol. The zero-order chi connectivity index (χ0) is 98.0. The maximum Gasteiger partial charge on any atom is 0.338 e. The molecule has 0 atom stereocenters. The molecular formula is C98H104F4N11O20P3. The van der Waals surface area contributed by atoms with E-state index in [2.05, 4.69) is 30.6 Å². The second kappa shape index (κ2) is 45.6. The van der Waals surface area contributed by atoms with Crippen LogP contribution in [0.15, 0.2) is 170 Å². The smallest absolute Gasteiger partial charge is 0.338 e. The number of carbonyl (C=O) groups excluding carboxylic acids is 7. The Morgan fingerprint density at radius 2 is 0.647 bits per heavy atom. The normalized spacial score (nSPS) is 13.2. The third kappa shape index (κ3) is 23.1. The molecule has 0 radical (unpaired) electrons. The van der Waals surface area contributed by atoms with Crippen LogP contribution < -0.4 is 16.4 Å². The molecule has 8 aromatic carbocycles. The van der Waals surface area contributed by atoms with E-state index in [0.29, 0.717) is 144 Å². The van der Waals surface area contributed by atoms with E-state index < -0.39 is 46.5 Å². The number of nitrogens with zero attached hydrogens (tertiary/aromatic N) is 8. The van der Waals surface area contributed by atoms with Crippen molar-refractivity contribution in [1.29, 1.82) is 0 Å². The van der Waals surface area contributed by atoms with Crippen LogP contribution in [-0.2, 0) is 97.9 Å². The molecule has 4 aliphatic heterocycles. The lowest BCUT2D eigenvalue weighted by molar-refractivity contribution is 0.0598. The number of hydrogen-bond donors (Lipinski definition) is 5. The second-order valence-electron chi connectivity index (χ2n) is 31.5. The Morgan fingerprint density at radius 3 is 0.941 bits per heavy atom. The van der Waals surface area contributed by atoms with Crippen molar-refractivity contribution in [2.75, 3.05) is 84.9 Å². The van der Waals surface area contributed by atoms with Gasteiger partial charge in [0.25, 0.3) is 35.4 Å². The number of ether oxygens (including phenoxy) is 1. The minimum atomic E-state index is -3.36. The van der Waals surface area contributed by atoms with E-state index in [0.717, 1.165) is 22.3 Å². The summed E-state index contributed by atoms with van der Waals surface area (Å²) in [5.41, 5.74) is 17.0. The van der Waals surface area contributed by atoms with Gasteiger partial charge in [0, 0.05) is 124 Å². The van der Waals surface area contributed by atoms with E-state index in [9.17, 15) is 79.8 Å². The van der Waals surface area contributed by atoms with Crippen molar-refractivity contribution in [2.45, 2.75) is 115 Å². The Bertz CT molecular complexity index is 6440. The van der Waals surface area contributed by atoms with Crippen LogP contribution >= 0.6 is 22.8 Å². The van der Waals surface area contributed by atoms with Crippen LogP contribution in [0.1, 0.15) is 186 Å². The van der Waals surface area contributed by atoms with Crippen LogP contribution in [0.3, 0.4) is 0 Å². The molecule has 0 saturated carbocycles. The molecule has 136 heavy (non-hydrogen) atoms. The highest BCUT2D eigenvalue weighted by molar-refractivity contribution is 7.54. The molecule has 0 fully saturated rings. The summed E-state index contributed by atoms with van der Waals surface area (Å²) < 4.78 is 126. The fourth-order valence-corrected chi connectivity index (χ4v) is 21.3. The number of amides is 6. The largest absolute Gasteiger partial charge is 0.505 e. The van der Waals surface area contributed by atoms with Gasteiger partial charge in [-0.25, -0.2) is 27.2 Å². The lowest BCUT2D eigenvalue weighted by atomic mass is 9.93. The zero-order valence-corrected chi connectivity index (χ0v) is 79.2. The van der Waals surface area contributed by atoms with E-state index in [-0.39, 0.29) is 166 Å². The van der Waals surface area contributed by atoms with Crippen LogP contribution in [0.25, 0.3) is 43.6 Å². The molecule has 0 unspecified atom stereocenters. The van der Waals surface area contributed by atoms with Crippen LogP contribution in [-0.4, -0.2) is 182 Å². The van der Waals surface area contributed by atoms with Crippen LogP contribution in [0, 0.1) is 44.0 Å². The molecule has 6 N–H and O–H groups in total. The molecule has 4 aromatic heterocycles. The number of carboxylic acids is 1. The van der Waals surface area contributed by atoms with Gasteiger partial charge in [0.2, 0.25) is 0 Å². The third-order valence-electron chi connectivity index (χ3n) is 22.7. The van der Waals surface area contributed by atoms with Gasteiger partial charge >= 0.3 is 34.7 Å². The van der Waals surface area contributed by atoms with E-state index in [1.165, 1.54) is 66.7 Å². The number of aryl methyl sites for hydroxylation is 3. The van der Waals surface area contributed by atoms with Crippen molar-refractivity contribution in [3.05, 3.63) is 299 Å². The lowest BCUT2D eigenvalue weighted by Crippen LogP contribution is -2.28. The quantitative estimate of drug-likeness (QED) is 0.0148. The van der Waals surface area contributed by atoms with Gasteiger partial charge in [0.05, 0.1) is 126 Å². The molecule has 8 heterocycles. The molecule has 4 aliphatic rings. The summed E-state index contributed by atoms with van der Waals surface area (Å²) in [7, 11) is -8.20. The maximum absolute atomic E-state index is 13.5. The summed E-state index contributed by atoms with van der Waals surface area (Å²) in [5, 5.41) is 28.5. The lowest BCUT2D eigenvalue weighted by Gasteiger charge is -2.18. The first kappa shape index (κ1) is 102. The average molecular weight is 1920 g/mol. The number of nitrogens with one attached hydrogen (secondary N) is 2. The van der Waals surface area contributed by atoms with E-state index in [1.54, 1.807) is 167 Å². The van der Waals surface area contributed by atoms with Crippen molar-refractivity contribution in [1.82, 2.24) is 50.2 Å². The summed E-state index contributed by atoms with van der Waals surface area (Å²) in [6.45, 7) is 19.9. The molecule has 0 spiro atoms. The summed E-state index contributed by atoms with van der Waals surface area (Å²) in [4.78, 5) is 128. The third-order valence-corrected chi connectivity index (χ3v) is 28.9. The Morgan fingerprint density at radius 1 is 0.390 bits per heavy atom. The number of methoxy groups -OCH3 is 1. The van der Waals surface area contributed by atoms with E-state index in [4.69, 9.17) is 37.6 Å². The van der Waals surface area contributed by atoms with Crippen LogP contribution in [0.2, 0.25) is 0 Å². The van der Waals surface area contributed by atoms with Crippen LogP contribution in [0.4, 0.5) is 17.6 Å². The number of benzene rings is 8. The monoisotopic (exact) mass is 1920 g/mol. The number of phenolic OH excluding ortho intramolecular Hbond substituents is 1. The molecule has 38 heteroatoms. The van der Waals surface area contributed by atoms with Crippen molar-refractivity contribution in [3.63, 3.8) is 0 Å². The molecule has 6 amide bonds. The van der Waals surface area contributed by atoms with Crippen molar-refractivity contribution in [3.8, 4) is 5.75 Å². The van der Waals surface area contributed by atoms with Gasteiger partial charge in [-0.2, -0.15) is 0 Å². The average Bonchev–Trinajstić information content (AvgIpc) is 1.58. The summed E-state index contributed by atoms with van der Waals surface area (Å²) in [5.74, 6) is -5.18. The number of fused-ring (bicyclic) bond motifs is 8. The van der Waals surface area contributed by atoms with Gasteiger partial charge < -0.3 is 78.1 Å². The molecule has 12 aromatic rings. The molecule has 714 valence electrons. The van der Waals surface area contributed by atoms with E-state index in [1.807, 2.05) is 26.0 Å². The Balaban J connectivity index is 0.000000158. The number of aromatic carboxylic acids is 1. The summed E-state index contributed by atoms with van der Waals surface area (Å²) in [6.07, 6.45) is 6.62. The first-order valence-electron chi connectivity index (χ1n) is 43.9. The number of rotatable bonds is 32. The number of carboxylic acid groups (broad SMARTS) is 1. The predicted octanol–water partition coefficient (Wildman–Crippen LogP) is 17.4. The number of aromatic hydroxyl groups is 1. The highest BCUT2D eigenvalue weighted by Gasteiger charge is 2.42. The number of esters is 1. The highest BCUT2D eigenvalue weighted by atomic mass is 31.2. The number of halogens is 4. The minimum absolute atomic E-state index is 0.0146. The SMILES string of the molecule is CCOP(=O)(CCN)OCC.CCOP(=O)(CCNC(=O)c1c2c(c(C)c3ncccc13)C(=O)N(Cc1ccc(F)cc1)C2)OCC.CCOP(=O)(CCNC(=O)c1c2c(c(O)c3ncccc13)C(=O)N(Cc1ccc(F)cc1)C2)OCC.COC(=O)c1c2c(c(C)c3ncccc13)C(=O)N(Cc1ccc(F)cc1)C2.Cc1c2c(c(C(=O)O)c3cccnc13)CN(Cc1ccc(F)cc1)C2=O. The number of phenols is 1. The topological polar surface area (TPSA) is 407 Å². The predicted molar refractivity (Wildman–Crippen MR) is 502 cm³/mol.